The van der Waals surface area contributed by atoms with Crippen LogP contribution in [0.15, 0.2) is 194 Å². The molecule has 0 fully saturated rings. The van der Waals surface area contributed by atoms with E-state index >= 15 is 0 Å². The number of carbonyl (C=O) groups is 2. The number of phenols is 8. The van der Waals surface area contributed by atoms with Crippen LogP contribution in [-0.2, 0) is 11.0 Å². The molecule has 26 nitrogen and oxygen atoms in total. The Labute approximate surface area is 539 Å². The molecule has 462 valence electrons. The SMILES string of the molecule is O=C([O-])c1ccccc1O.O=C([O-])c1ccccc1O.Oc1ccccc1C(O)O.Oc1ccccc1C(O)O.Oc1ccccc1C(O)O.Oc1ccccc1C(O)O.Oc1ccccc1C(O)O.Oc1ccccc1C(O)O.[OH3+].[OH3+].[Tb].[Tb]. The van der Waals surface area contributed by atoms with Gasteiger partial charge in [-0.05, 0) is 60.7 Å². The van der Waals surface area contributed by atoms with Gasteiger partial charge in [0.05, 0.1) is 11.9 Å². The van der Waals surface area contributed by atoms with Crippen molar-refractivity contribution in [3.63, 3.8) is 0 Å². The van der Waals surface area contributed by atoms with Crippen molar-refractivity contribution in [2.75, 3.05) is 0 Å². The van der Waals surface area contributed by atoms with E-state index in [9.17, 15) is 19.8 Å². The summed E-state index contributed by atoms with van der Waals surface area (Å²) in [7, 11) is 0. The van der Waals surface area contributed by atoms with E-state index in [1.54, 1.807) is 84.9 Å². The number of aliphatic hydroxyl groups excluding tert-OH is 6. The quantitative estimate of drug-likeness (QED) is 0.0699. The zero-order chi connectivity index (χ0) is 60.5. The number of aromatic hydroxyl groups is 8. The second-order valence-corrected chi connectivity index (χ2v) is 15.2. The molecule has 0 aromatic heterocycles. The van der Waals surface area contributed by atoms with Crippen molar-refractivity contribution in [3.05, 3.63) is 239 Å². The number of hydrogen-bond acceptors (Lipinski definition) is 24. The minimum absolute atomic E-state index is 0. The summed E-state index contributed by atoms with van der Waals surface area (Å²) in [6, 6.07) is 47.7. The number of hydrogen-bond donors (Lipinski definition) is 20. The number of carboxylic acids is 2. The van der Waals surface area contributed by atoms with Crippen molar-refractivity contribution in [1.82, 2.24) is 0 Å². The zero-order valence-electron chi connectivity index (χ0n) is 43.3. The van der Waals surface area contributed by atoms with Crippen LogP contribution in [0.3, 0.4) is 0 Å². The molecule has 0 spiro atoms. The number of carbonyl (C=O) groups excluding carboxylic acids is 2. The monoisotopic (exact) mass is 1470 g/mol. The second kappa shape index (κ2) is 45.5. The molecular weight excluding hydrogens is 1410 g/mol. The van der Waals surface area contributed by atoms with Crippen LogP contribution in [0.4, 0.5) is 0 Å². The number of rotatable bonds is 8. The third kappa shape index (κ3) is 32.2. The van der Waals surface area contributed by atoms with Gasteiger partial charge < -0.3 is 133 Å². The number of aliphatic hydroxyl groups is 12. The maximum atomic E-state index is 10.2. The molecule has 8 aromatic rings. The van der Waals surface area contributed by atoms with Gasteiger partial charge >= 0.3 is 0 Å². The van der Waals surface area contributed by atoms with E-state index < -0.39 is 49.7 Å². The topological polar surface area (TPSA) is 551 Å². The van der Waals surface area contributed by atoms with Crippen molar-refractivity contribution in [1.29, 1.82) is 0 Å². The minimum atomic E-state index is -1.60. The summed E-state index contributed by atoms with van der Waals surface area (Å²) in [5.74, 6) is -3.85. The van der Waals surface area contributed by atoms with Gasteiger partial charge in [0.25, 0.3) is 0 Å². The Bertz CT molecular complexity index is 2630. The fourth-order valence-corrected chi connectivity index (χ4v) is 5.53. The number of phenolic OH excluding ortho intramolecular Hbond substituents is 6. The van der Waals surface area contributed by atoms with E-state index in [1.165, 1.54) is 109 Å². The van der Waals surface area contributed by atoms with Gasteiger partial charge in [-0.3, -0.25) is 0 Å². The summed E-state index contributed by atoms with van der Waals surface area (Å²) in [4.78, 5) is 20.3. The van der Waals surface area contributed by atoms with Crippen molar-refractivity contribution in [2.24, 2.45) is 0 Å². The van der Waals surface area contributed by atoms with Crippen molar-refractivity contribution in [3.8, 4) is 46.0 Å². The number of benzene rings is 8. The summed E-state index contributed by atoms with van der Waals surface area (Å²) >= 11 is 0. The molecule has 28 heteroatoms. The molecule has 0 saturated heterocycles. The van der Waals surface area contributed by atoms with Crippen LogP contribution in [0.25, 0.3) is 0 Å². The fourth-order valence-electron chi connectivity index (χ4n) is 5.53. The van der Waals surface area contributed by atoms with Gasteiger partial charge in [-0.15, -0.1) is 0 Å². The van der Waals surface area contributed by atoms with E-state index in [4.69, 9.17) is 102 Å². The van der Waals surface area contributed by atoms with Crippen molar-refractivity contribution < 1.29 is 210 Å². The Balaban J connectivity index is -0.000000432. The summed E-state index contributed by atoms with van der Waals surface area (Å²) < 4.78 is 0. The van der Waals surface area contributed by atoms with Gasteiger partial charge in [0, 0.05) is 122 Å². The first-order chi connectivity index (χ1) is 37.7. The van der Waals surface area contributed by atoms with Crippen LogP contribution in [0.1, 0.15) is 91.8 Å². The maximum Gasteiger partial charge on any atom is 0.182 e. The predicted molar refractivity (Wildman–Crippen MR) is 286 cm³/mol. The van der Waals surface area contributed by atoms with Gasteiger partial charge in [0.1, 0.15) is 46.0 Å². The van der Waals surface area contributed by atoms with Crippen molar-refractivity contribution >= 4 is 11.9 Å². The average molecular weight is 1470 g/mol. The molecule has 0 aliphatic heterocycles. The zero-order valence-corrected chi connectivity index (χ0v) is 47.6. The molecule has 0 aliphatic carbocycles. The van der Waals surface area contributed by atoms with Crippen LogP contribution in [0.2, 0.25) is 0 Å². The van der Waals surface area contributed by atoms with Gasteiger partial charge in [-0.25, -0.2) is 0 Å². The second-order valence-electron chi connectivity index (χ2n) is 15.2. The average Bonchev–Trinajstić information content (AvgIpc) is 3.40. The normalized spacial score (nSPS) is 9.55. The molecule has 8 aromatic carbocycles. The first kappa shape index (κ1) is 83.6. The van der Waals surface area contributed by atoms with E-state index in [0.29, 0.717) is 0 Å². The molecule has 2 radical (unpaired) electrons. The smallest absolute Gasteiger partial charge is 0.182 e. The molecule has 0 heterocycles. The van der Waals surface area contributed by atoms with Gasteiger partial charge in [-0.1, -0.05) is 133 Å². The Hall–Kier alpha value is -6.89. The Morgan fingerprint density at radius 2 is 0.357 bits per heavy atom. The summed E-state index contributed by atoms with van der Waals surface area (Å²) in [5.41, 5.74) is 0.407. The molecule has 0 unspecified atom stereocenters. The molecule has 0 bridgehead atoms. The van der Waals surface area contributed by atoms with Crippen LogP contribution in [0, 0.1) is 77.2 Å². The number of para-hydroxylation sites is 8. The molecule has 8 rings (SSSR count). The third-order valence-electron chi connectivity index (χ3n) is 9.54. The van der Waals surface area contributed by atoms with Gasteiger partial charge in [0.15, 0.2) is 37.7 Å². The van der Waals surface area contributed by atoms with Crippen LogP contribution in [0.5, 0.6) is 46.0 Å². The molecule has 0 saturated carbocycles. The molecule has 84 heavy (non-hydrogen) atoms. The van der Waals surface area contributed by atoms with Crippen LogP contribution >= 0.6 is 0 Å². The van der Waals surface area contributed by atoms with Crippen LogP contribution < -0.4 is 10.2 Å². The Morgan fingerprint density at radius 3 is 0.440 bits per heavy atom. The molecule has 0 amide bonds. The summed E-state index contributed by atoms with van der Waals surface area (Å²) in [5, 5.41) is 195. The molecule has 0 aliphatic rings. The van der Waals surface area contributed by atoms with E-state index in [1.807, 2.05) is 0 Å². The largest absolute Gasteiger partial charge is 0.545 e. The summed E-state index contributed by atoms with van der Waals surface area (Å²) in [6.45, 7) is 0. The standard InChI is InChI=1S/6C7H8O3.2C7H6O3.2H2O.2Tb/c8*8-6-4-2-1-3-5(6)7(9)10;;;;/h6*1-4,7-10H;2*1-4,8H,(H,9,10);2*1H2;;. The van der Waals surface area contributed by atoms with Crippen molar-refractivity contribution in [2.45, 2.75) is 37.7 Å². The first-order valence-corrected chi connectivity index (χ1v) is 22.6. The van der Waals surface area contributed by atoms with E-state index in [2.05, 4.69) is 0 Å². The van der Waals surface area contributed by atoms with Gasteiger partial charge in [0.2, 0.25) is 0 Å². The maximum absolute atomic E-state index is 10.2. The third-order valence-corrected chi connectivity index (χ3v) is 9.54. The number of aromatic carboxylic acids is 2. The Kier molecular flexibility index (Phi) is 45.3. The first-order valence-electron chi connectivity index (χ1n) is 22.6. The van der Waals surface area contributed by atoms with Crippen LogP contribution in [-0.4, -0.2) is 114 Å². The Morgan fingerprint density at radius 1 is 0.238 bits per heavy atom. The van der Waals surface area contributed by atoms with E-state index in [0.717, 1.165) is 0 Å². The number of carboxylic acid groups (broad SMARTS) is 2. The predicted octanol–water partition coefficient (Wildman–Crippen LogP) is -0.0800. The molecule has 26 N–H and O–H groups in total. The minimum Gasteiger partial charge on any atom is -0.545 e. The van der Waals surface area contributed by atoms with E-state index in [-0.39, 0.29) is 179 Å². The summed E-state index contributed by atoms with van der Waals surface area (Å²) in [6.07, 6.45) is -9.58. The molecular formula is C56H64O26Tb2. The fraction of sp³-hybridized carbons (Fsp3) is 0.107. The molecule has 0 atom stereocenters. The van der Waals surface area contributed by atoms with Gasteiger partial charge in [-0.2, -0.15) is 0 Å².